The van der Waals surface area contributed by atoms with Crippen LogP contribution in [0, 0.1) is 0 Å². The van der Waals surface area contributed by atoms with Crippen molar-refractivity contribution < 1.29 is 23.1 Å². The Morgan fingerprint density at radius 1 is 1.47 bits per heavy atom. The summed E-state index contributed by atoms with van der Waals surface area (Å²) in [6.45, 7) is 0.231. The molecule has 0 aromatic heterocycles. The highest BCUT2D eigenvalue weighted by molar-refractivity contribution is 5.71. The lowest BCUT2D eigenvalue weighted by Gasteiger charge is -2.15. The molecule has 1 aliphatic heterocycles. The van der Waals surface area contributed by atoms with Gasteiger partial charge in [0, 0.05) is 18.2 Å². The molecule has 0 radical (unpaired) electrons. The SMILES string of the molecule is O=C(O)CC1CNc2cccc(C(F)(F)F)c21. The van der Waals surface area contributed by atoms with Crippen molar-refractivity contribution in [2.45, 2.75) is 18.5 Å². The molecule has 17 heavy (non-hydrogen) atoms. The van der Waals surface area contributed by atoms with Gasteiger partial charge in [-0.3, -0.25) is 4.79 Å². The summed E-state index contributed by atoms with van der Waals surface area (Å²) in [6, 6.07) is 3.84. The maximum atomic E-state index is 12.8. The summed E-state index contributed by atoms with van der Waals surface area (Å²) in [6.07, 6.45) is -4.75. The minimum atomic E-state index is -4.45. The molecular weight excluding hydrogens is 235 g/mol. The first-order valence-electron chi connectivity index (χ1n) is 5.05. The van der Waals surface area contributed by atoms with E-state index in [1.165, 1.54) is 12.1 Å². The van der Waals surface area contributed by atoms with Crippen molar-refractivity contribution in [1.82, 2.24) is 0 Å². The second-order valence-electron chi connectivity index (χ2n) is 3.94. The fourth-order valence-electron chi connectivity index (χ4n) is 2.13. The van der Waals surface area contributed by atoms with E-state index in [9.17, 15) is 18.0 Å². The second-order valence-corrected chi connectivity index (χ2v) is 3.94. The van der Waals surface area contributed by atoms with Crippen LogP contribution in [0.2, 0.25) is 0 Å². The summed E-state index contributed by atoms with van der Waals surface area (Å²) in [5.41, 5.74) is -0.292. The Morgan fingerprint density at radius 2 is 2.18 bits per heavy atom. The first kappa shape index (κ1) is 11.8. The average molecular weight is 245 g/mol. The number of fused-ring (bicyclic) bond motifs is 1. The minimum absolute atomic E-state index is 0.0717. The number of hydrogen-bond acceptors (Lipinski definition) is 2. The smallest absolute Gasteiger partial charge is 0.416 e. The molecule has 0 bridgehead atoms. The van der Waals surface area contributed by atoms with Crippen LogP contribution in [-0.4, -0.2) is 17.6 Å². The van der Waals surface area contributed by atoms with Crippen LogP contribution < -0.4 is 5.32 Å². The number of alkyl halides is 3. The zero-order valence-corrected chi connectivity index (χ0v) is 8.71. The van der Waals surface area contributed by atoms with Gasteiger partial charge < -0.3 is 10.4 Å². The Morgan fingerprint density at radius 3 is 2.76 bits per heavy atom. The van der Waals surface area contributed by atoms with E-state index >= 15 is 0 Å². The number of benzene rings is 1. The lowest BCUT2D eigenvalue weighted by molar-refractivity contribution is -0.140. The zero-order valence-electron chi connectivity index (χ0n) is 8.71. The number of aliphatic carboxylic acids is 1. The highest BCUT2D eigenvalue weighted by atomic mass is 19.4. The monoisotopic (exact) mass is 245 g/mol. The largest absolute Gasteiger partial charge is 0.481 e. The van der Waals surface area contributed by atoms with Crippen LogP contribution in [-0.2, 0) is 11.0 Å². The summed E-state index contributed by atoms with van der Waals surface area (Å²) in [4.78, 5) is 10.6. The van der Waals surface area contributed by atoms with E-state index in [-0.39, 0.29) is 18.5 Å². The van der Waals surface area contributed by atoms with Crippen molar-refractivity contribution in [1.29, 1.82) is 0 Å². The Kier molecular flexibility index (Phi) is 2.73. The molecule has 3 nitrogen and oxygen atoms in total. The lowest BCUT2D eigenvalue weighted by atomic mass is 9.93. The van der Waals surface area contributed by atoms with Crippen molar-refractivity contribution in [2.24, 2.45) is 0 Å². The van der Waals surface area contributed by atoms with Crippen LogP contribution in [0.5, 0.6) is 0 Å². The van der Waals surface area contributed by atoms with E-state index in [0.29, 0.717) is 5.69 Å². The normalized spacial score (nSPS) is 18.6. The molecule has 2 rings (SSSR count). The highest BCUT2D eigenvalue weighted by Gasteiger charge is 2.38. The average Bonchev–Trinajstić information content (AvgIpc) is 2.59. The van der Waals surface area contributed by atoms with E-state index in [2.05, 4.69) is 5.32 Å². The van der Waals surface area contributed by atoms with Gasteiger partial charge >= 0.3 is 12.1 Å². The number of hydrogen-bond donors (Lipinski definition) is 2. The molecule has 0 spiro atoms. The molecule has 0 amide bonds. The number of carboxylic acid groups (broad SMARTS) is 1. The van der Waals surface area contributed by atoms with Crippen LogP contribution in [0.3, 0.4) is 0 Å². The first-order valence-corrected chi connectivity index (χ1v) is 5.05. The Hall–Kier alpha value is -1.72. The van der Waals surface area contributed by atoms with Gasteiger partial charge in [0.1, 0.15) is 0 Å². The van der Waals surface area contributed by atoms with Gasteiger partial charge in [0.25, 0.3) is 0 Å². The van der Waals surface area contributed by atoms with Crippen molar-refractivity contribution in [3.05, 3.63) is 29.3 Å². The molecule has 92 valence electrons. The Bertz CT molecular complexity index is 457. The topological polar surface area (TPSA) is 49.3 Å². The number of rotatable bonds is 2. The molecule has 0 aliphatic carbocycles. The van der Waals surface area contributed by atoms with Gasteiger partial charge in [-0.15, -0.1) is 0 Å². The number of halogens is 3. The third-order valence-electron chi connectivity index (χ3n) is 2.78. The standard InChI is InChI=1S/C11H10F3NO2/c12-11(13,14)7-2-1-3-8-10(7)6(5-15-8)4-9(16)17/h1-3,6,15H,4-5H2,(H,16,17). The molecule has 1 unspecified atom stereocenters. The van der Waals surface area contributed by atoms with Gasteiger partial charge in [-0.2, -0.15) is 13.2 Å². The molecule has 0 saturated carbocycles. The van der Waals surface area contributed by atoms with Crippen molar-refractivity contribution in [3.8, 4) is 0 Å². The quantitative estimate of drug-likeness (QED) is 0.842. The third kappa shape index (κ3) is 2.20. The van der Waals surface area contributed by atoms with Gasteiger partial charge in [0.2, 0.25) is 0 Å². The van der Waals surface area contributed by atoms with Crippen molar-refractivity contribution >= 4 is 11.7 Å². The molecule has 1 aromatic carbocycles. The lowest BCUT2D eigenvalue weighted by Crippen LogP contribution is -2.13. The summed E-state index contributed by atoms with van der Waals surface area (Å²) in [5.74, 6) is -1.72. The van der Waals surface area contributed by atoms with Crippen LogP contribution in [0.15, 0.2) is 18.2 Å². The van der Waals surface area contributed by atoms with Crippen molar-refractivity contribution in [2.75, 3.05) is 11.9 Å². The third-order valence-corrected chi connectivity index (χ3v) is 2.78. The molecule has 2 N–H and O–H groups in total. The van der Waals surface area contributed by atoms with Crippen LogP contribution in [0.25, 0.3) is 0 Å². The summed E-state index contributed by atoms with van der Waals surface area (Å²) in [7, 11) is 0. The molecule has 1 atom stereocenters. The maximum Gasteiger partial charge on any atom is 0.416 e. The summed E-state index contributed by atoms with van der Waals surface area (Å²) < 4.78 is 38.3. The fraction of sp³-hybridized carbons (Fsp3) is 0.364. The van der Waals surface area contributed by atoms with E-state index < -0.39 is 23.6 Å². The number of nitrogens with one attached hydrogen (secondary N) is 1. The van der Waals surface area contributed by atoms with Crippen LogP contribution in [0.1, 0.15) is 23.5 Å². The van der Waals surface area contributed by atoms with Gasteiger partial charge in [0.05, 0.1) is 12.0 Å². The molecule has 0 saturated heterocycles. The van der Waals surface area contributed by atoms with Crippen LogP contribution in [0.4, 0.5) is 18.9 Å². The zero-order chi connectivity index (χ0) is 12.6. The number of anilines is 1. The van der Waals surface area contributed by atoms with E-state index in [0.717, 1.165) is 6.07 Å². The molecule has 6 heteroatoms. The van der Waals surface area contributed by atoms with Gasteiger partial charge in [0.15, 0.2) is 0 Å². The molecule has 1 heterocycles. The predicted molar refractivity (Wildman–Crippen MR) is 54.9 cm³/mol. The highest BCUT2D eigenvalue weighted by Crippen LogP contribution is 2.42. The van der Waals surface area contributed by atoms with Crippen molar-refractivity contribution in [3.63, 3.8) is 0 Å². The molecule has 0 fully saturated rings. The Balaban J connectivity index is 2.45. The van der Waals surface area contributed by atoms with E-state index in [1.54, 1.807) is 0 Å². The molecular formula is C11H10F3NO2. The minimum Gasteiger partial charge on any atom is -0.481 e. The Labute approximate surface area is 95.3 Å². The fourth-order valence-corrected chi connectivity index (χ4v) is 2.13. The van der Waals surface area contributed by atoms with E-state index in [1.807, 2.05) is 0 Å². The number of carbonyl (C=O) groups is 1. The summed E-state index contributed by atoms with van der Waals surface area (Å²) >= 11 is 0. The van der Waals surface area contributed by atoms with E-state index in [4.69, 9.17) is 5.11 Å². The summed E-state index contributed by atoms with van der Waals surface area (Å²) in [5, 5.41) is 11.5. The second kappa shape index (κ2) is 3.94. The first-order chi connectivity index (χ1) is 7.89. The molecule has 1 aromatic rings. The number of carboxylic acids is 1. The van der Waals surface area contributed by atoms with Gasteiger partial charge in [-0.05, 0) is 17.7 Å². The van der Waals surface area contributed by atoms with Crippen LogP contribution >= 0.6 is 0 Å². The maximum absolute atomic E-state index is 12.8. The van der Waals surface area contributed by atoms with Gasteiger partial charge in [-0.25, -0.2) is 0 Å². The predicted octanol–water partition coefficient (Wildman–Crippen LogP) is 2.69. The van der Waals surface area contributed by atoms with Gasteiger partial charge in [-0.1, -0.05) is 6.07 Å². The molecule has 1 aliphatic rings.